The number of carbonyl (C=O) groups excluding carboxylic acids is 2. The lowest BCUT2D eigenvalue weighted by Gasteiger charge is -2.14. The summed E-state index contributed by atoms with van der Waals surface area (Å²) >= 11 is 11.8. The molecule has 0 spiro atoms. The Bertz CT molecular complexity index is 627. The standard InChI is InChI=1S/C14H13Cl2NO4/c1-21-6-2-5-17-13(19)11(12(18)14(17)20)9-4-3-8(15)7-10(9)16/h3-4,7,18H,2,5-6H2,1H3. The minimum atomic E-state index is -0.725. The SMILES string of the molecule is COCCCN1C(=O)C(O)=C(c2ccc(Cl)cc2Cl)C1=O. The van der Waals surface area contributed by atoms with Gasteiger partial charge in [0.05, 0.1) is 10.6 Å². The molecule has 1 aromatic rings. The molecule has 1 aromatic carbocycles. The molecule has 0 aromatic heterocycles. The Labute approximate surface area is 131 Å². The van der Waals surface area contributed by atoms with Crippen LogP contribution in [0.1, 0.15) is 12.0 Å². The molecule has 2 rings (SSSR count). The summed E-state index contributed by atoms with van der Waals surface area (Å²) in [7, 11) is 1.53. The second-order valence-electron chi connectivity index (χ2n) is 4.46. The molecule has 0 fully saturated rings. The van der Waals surface area contributed by atoms with Crippen LogP contribution in [0.5, 0.6) is 0 Å². The van der Waals surface area contributed by atoms with Gasteiger partial charge in [-0.3, -0.25) is 14.5 Å². The Balaban J connectivity index is 2.31. The van der Waals surface area contributed by atoms with Crippen molar-refractivity contribution >= 4 is 40.6 Å². The van der Waals surface area contributed by atoms with Gasteiger partial charge < -0.3 is 9.84 Å². The number of methoxy groups -OCH3 is 1. The van der Waals surface area contributed by atoms with E-state index in [0.29, 0.717) is 18.1 Å². The minimum absolute atomic E-state index is 0.0981. The average molecular weight is 330 g/mol. The van der Waals surface area contributed by atoms with E-state index in [4.69, 9.17) is 27.9 Å². The van der Waals surface area contributed by atoms with Gasteiger partial charge in [-0.1, -0.05) is 29.3 Å². The maximum absolute atomic E-state index is 12.3. The van der Waals surface area contributed by atoms with Crippen molar-refractivity contribution in [3.8, 4) is 0 Å². The fourth-order valence-corrected chi connectivity index (χ4v) is 2.57. The lowest BCUT2D eigenvalue weighted by atomic mass is 10.1. The highest BCUT2D eigenvalue weighted by molar-refractivity contribution is 6.40. The molecule has 1 N–H and O–H groups in total. The van der Waals surface area contributed by atoms with Gasteiger partial charge in [0.2, 0.25) is 0 Å². The highest BCUT2D eigenvalue weighted by atomic mass is 35.5. The van der Waals surface area contributed by atoms with E-state index in [9.17, 15) is 14.7 Å². The van der Waals surface area contributed by atoms with E-state index in [1.54, 1.807) is 0 Å². The molecule has 0 radical (unpaired) electrons. The van der Waals surface area contributed by atoms with E-state index in [0.717, 1.165) is 4.90 Å². The van der Waals surface area contributed by atoms with Gasteiger partial charge in [0.1, 0.15) is 0 Å². The molecule has 0 saturated carbocycles. The summed E-state index contributed by atoms with van der Waals surface area (Å²) in [6, 6.07) is 4.48. The third-order valence-corrected chi connectivity index (χ3v) is 3.62. The van der Waals surface area contributed by atoms with Gasteiger partial charge in [0.15, 0.2) is 5.76 Å². The molecule has 112 valence electrons. The summed E-state index contributed by atoms with van der Waals surface area (Å²) in [6.45, 7) is 0.582. The molecule has 2 amide bonds. The normalized spacial score (nSPS) is 15.3. The van der Waals surface area contributed by atoms with E-state index < -0.39 is 17.6 Å². The Morgan fingerprint density at radius 1 is 1.24 bits per heavy atom. The zero-order chi connectivity index (χ0) is 15.6. The van der Waals surface area contributed by atoms with Crippen molar-refractivity contribution in [2.45, 2.75) is 6.42 Å². The van der Waals surface area contributed by atoms with Gasteiger partial charge in [-0.15, -0.1) is 0 Å². The van der Waals surface area contributed by atoms with Crippen LogP contribution in [0.3, 0.4) is 0 Å². The molecule has 7 heteroatoms. The molecule has 1 heterocycles. The zero-order valence-corrected chi connectivity index (χ0v) is 12.7. The summed E-state index contributed by atoms with van der Waals surface area (Å²) in [5.74, 6) is -1.89. The number of carbonyl (C=O) groups is 2. The fourth-order valence-electron chi connectivity index (χ4n) is 2.07. The summed E-state index contributed by atoms with van der Waals surface area (Å²) in [5.41, 5.74) is 0.185. The quantitative estimate of drug-likeness (QED) is 0.666. The number of rotatable bonds is 5. The first-order valence-corrected chi connectivity index (χ1v) is 6.96. The largest absolute Gasteiger partial charge is 0.502 e. The van der Waals surface area contributed by atoms with Gasteiger partial charge in [-0.05, 0) is 18.6 Å². The molecular formula is C14H13Cl2NO4. The highest BCUT2D eigenvalue weighted by Crippen LogP contribution is 2.33. The molecule has 21 heavy (non-hydrogen) atoms. The monoisotopic (exact) mass is 329 g/mol. The van der Waals surface area contributed by atoms with Crippen LogP contribution in [0.4, 0.5) is 0 Å². The first-order chi connectivity index (χ1) is 9.97. The van der Waals surface area contributed by atoms with Crippen molar-refractivity contribution in [3.63, 3.8) is 0 Å². The number of aliphatic hydroxyl groups is 1. The van der Waals surface area contributed by atoms with Crippen LogP contribution in [0, 0.1) is 0 Å². The van der Waals surface area contributed by atoms with Crippen LogP contribution >= 0.6 is 23.2 Å². The number of benzene rings is 1. The molecule has 0 bridgehead atoms. The zero-order valence-electron chi connectivity index (χ0n) is 11.2. The van der Waals surface area contributed by atoms with Crippen LogP contribution in [0.25, 0.3) is 5.57 Å². The number of ether oxygens (including phenoxy) is 1. The predicted octanol–water partition coefficient (Wildman–Crippen LogP) is 2.67. The summed E-state index contributed by atoms with van der Waals surface area (Å²) in [6.07, 6.45) is 0.489. The van der Waals surface area contributed by atoms with E-state index in [2.05, 4.69) is 0 Å². The number of amides is 2. The lowest BCUT2D eigenvalue weighted by Crippen LogP contribution is -2.33. The minimum Gasteiger partial charge on any atom is -0.502 e. The van der Waals surface area contributed by atoms with Crippen molar-refractivity contribution in [1.29, 1.82) is 0 Å². The van der Waals surface area contributed by atoms with Crippen molar-refractivity contribution in [1.82, 2.24) is 4.90 Å². The maximum Gasteiger partial charge on any atom is 0.296 e. The number of hydrogen-bond acceptors (Lipinski definition) is 4. The van der Waals surface area contributed by atoms with Gasteiger partial charge in [0, 0.05) is 30.8 Å². The second-order valence-corrected chi connectivity index (χ2v) is 5.30. The van der Waals surface area contributed by atoms with Crippen molar-refractivity contribution in [3.05, 3.63) is 39.6 Å². The highest BCUT2D eigenvalue weighted by Gasteiger charge is 2.39. The van der Waals surface area contributed by atoms with Crippen LogP contribution in [0.15, 0.2) is 24.0 Å². The molecular weight excluding hydrogens is 317 g/mol. The molecule has 0 unspecified atom stereocenters. The third kappa shape index (κ3) is 3.05. The van der Waals surface area contributed by atoms with Gasteiger partial charge in [-0.25, -0.2) is 0 Å². The second kappa shape index (κ2) is 6.47. The summed E-state index contributed by atoms with van der Waals surface area (Å²) in [5, 5.41) is 10.5. The van der Waals surface area contributed by atoms with Crippen LogP contribution in [-0.2, 0) is 14.3 Å². The van der Waals surface area contributed by atoms with Crippen LogP contribution in [-0.4, -0.2) is 42.1 Å². The molecule has 0 atom stereocenters. The number of nitrogens with zero attached hydrogens (tertiary/aromatic N) is 1. The topological polar surface area (TPSA) is 66.8 Å². The molecule has 1 aliphatic rings. The van der Waals surface area contributed by atoms with E-state index >= 15 is 0 Å². The first-order valence-electron chi connectivity index (χ1n) is 6.21. The van der Waals surface area contributed by atoms with Gasteiger partial charge in [-0.2, -0.15) is 0 Å². The number of imide groups is 1. The van der Waals surface area contributed by atoms with Crippen molar-refractivity contribution in [2.24, 2.45) is 0 Å². The molecule has 0 saturated heterocycles. The predicted molar refractivity (Wildman–Crippen MR) is 79.2 cm³/mol. The Kier molecular flexibility index (Phi) is 4.88. The Morgan fingerprint density at radius 3 is 2.57 bits per heavy atom. The Morgan fingerprint density at radius 2 is 1.95 bits per heavy atom. The molecule has 0 aliphatic carbocycles. The molecule has 1 aliphatic heterocycles. The van der Waals surface area contributed by atoms with Crippen molar-refractivity contribution in [2.75, 3.05) is 20.3 Å². The van der Waals surface area contributed by atoms with Gasteiger partial charge >= 0.3 is 0 Å². The molecule has 5 nitrogen and oxygen atoms in total. The van der Waals surface area contributed by atoms with Crippen LogP contribution in [0.2, 0.25) is 10.0 Å². The van der Waals surface area contributed by atoms with Crippen LogP contribution < -0.4 is 0 Å². The fraction of sp³-hybridized carbons (Fsp3) is 0.286. The summed E-state index contributed by atoms with van der Waals surface area (Å²) in [4.78, 5) is 25.3. The van der Waals surface area contributed by atoms with Gasteiger partial charge in [0.25, 0.3) is 11.8 Å². The number of halogens is 2. The number of hydrogen-bond donors (Lipinski definition) is 1. The smallest absolute Gasteiger partial charge is 0.296 e. The maximum atomic E-state index is 12.3. The third-order valence-electron chi connectivity index (χ3n) is 3.07. The first kappa shape index (κ1) is 15.8. The van der Waals surface area contributed by atoms with Crippen molar-refractivity contribution < 1.29 is 19.4 Å². The lowest BCUT2D eigenvalue weighted by molar-refractivity contribution is -0.138. The van der Waals surface area contributed by atoms with E-state index in [1.165, 1.54) is 25.3 Å². The van der Waals surface area contributed by atoms with E-state index in [1.807, 2.05) is 0 Å². The number of aliphatic hydroxyl groups excluding tert-OH is 1. The Hall–Kier alpha value is -1.56. The summed E-state index contributed by atoms with van der Waals surface area (Å²) < 4.78 is 4.88. The van der Waals surface area contributed by atoms with E-state index in [-0.39, 0.29) is 22.7 Å². The average Bonchev–Trinajstić information content (AvgIpc) is 2.64.